The summed E-state index contributed by atoms with van der Waals surface area (Å²) in [6.45, 7) is 7.52. The van der Waals surface area contributed by atoms with E-state index in [1.807, 2.05) is 34.2 Å². The van der Waals surface area contributed by atoms with Crippen LogP contribution in [0.3, 0.4) is 0 Å². The summed E-state index contributed by atoms with van der Waals surface area (Å²) >= 11 is 3.34. The number of aromatic nitrogens is 2. The first-order valence-electron chi connectivity index (χ1n) is 11.0. The summed E-state index contributed by atoms with van der Waals surface area (Å²) in [5.41, 5.74) is 1.84. The number of piperazine rings is 1. The average Bonchev–Trinajstić information content (AvgIpc) is 3.18. The summed E-state index contributed by atoms with van der Waals surface area (Å²) < 4.78 is 1.58. The number of hydrogen-bond acceptors (Lipinski definition) is 7. The van der Waals surface area contributed by atoms with Crippen LogP contribution in [-0.4, -0.2) is 69.6 Å². The molecule has 168 valence electrons. The minimum Gasteiger partial charge on any atom is -0.310 e. The molecule has 0 unspecified atom stereocenters. The Morgan fingerprint density at radius 1 is 1.12 bits per heavy atom. The number of nitrogens with zero attached hydrogens (tertiary/aromatic N) is 5. The molecular formula is C23H27N5O2S2. The van der Waals surface area contributed by atoms with Gasteiger partial charge in [0.05, 0.1) is 17.9 Å². The second kappa shape index (κ2) is 9.35. The Bertz CT molecular complexity index is 1170. The molecular weight excluding hydrogens is 442 g/mol. The molecule has 1 saturated heterocycles. The maximum atomic E-state index is 13.2. The van der Waals surface area contributed by atoms with Crippen LogP contribution in [0.5, 0.6) is 0 Å². The lowest BCUT2D eigenvalue weighted by Gasteiger charge is -2.35. The lowest BCUT2D eigenvalue weighted by atomic mass is 10.2. The Morgan fingerprint density at radius 2 is 1.91 bits per heavy atom. The van der Waals surface area contributed by atoms with Crippen molar-refractivity contribution in [2.75, 3.05) is 44.2 Å². The van der Waals surface area contributed by atoms with Gasteiger partial charge in [0.1, 0.15) is 0 Å². The van der Waals surface area contributed by atoms with Crippen molar-refractivity contribution >= 4 is 39.7 Å². The van der Waals surface area contributed by atoms with Gasteiger partial charge in [0, 0.05) is 67.1 Å². The van der Waals surface area contributed by atoms with Crippen molar-refractivity contribution in [3.8, 4) is 0 Å². The number of rotatable bonds is 4. The monoisotopic (exact) mass is 469 g/mol. The summed E-state index contributed by atoms with van der Waals surface area (Å²) in [4.78, 5) is 38.5. The maximum absolute atomic E-state index is 13.2. The predicted octanol–water partition coefficient (Wildman–Crippen LogP) is 2.79. The molecule has 0 bridgehead atoms. The fourth-order valence-corrected chi connectivity index (χ4v) is 6.18. The Morgan fingerprint density at radius 3 is 2.75 bits per heavy atom. The van der Waals surface area contributed by atoms with E-state index in [1.54, 1.807) is 16.7 Å². The van der Waals surface area contributed by atoms with Crippen molar-refractivity contribution in [3.63, 3.8) is 0 Å². The lowest BCUT2D eigenvalue weighted by molar-refractivity contribution is -0.120. The number of carbonyl (C=O) groups is 1. The van der Waals surface area contributed by atoms with Crippen LogP contribution >= 0.6 is 23.1 Å². The van der Waals surface area contributed by atoms with Crippen LogP contribution in [-0.2, 0) is 11.3 Å². The number of thiazole rings is 1. The highest BCUT2D eigenvalue weighted by Crippen LogP contribution is 2.37. The van der Waals surface area contributed by atoms with Crippen LogP contribution in [0.25, 0.3) is 4.96 Å². The Labute approximate surface area is 195 Å². The number of para-hydroxylation sites is 1. The number of carbonyl (C=O) groups excluding carboxylic acids is 1. The van der Waals surface area contributed by atoms with Gasteiger partial charge in [0.25, 0.3) is 5.56 Å². The Kier molecular flexibility index (Phi) is 6.32. The second-order valence-corrected chi connectivity index (χ2v) is 10.8. The van der Waals surface area contributed by atoms with Crippen molar-refractivity contribution in [2.24, 2.45) is 0 Å². The van der Waals surface area contributed by atoms with Gasteiger partial charge in [-0.3, -0.25) is 23.8 Å². The topological polar surface area (TPSA) is 61.2 Å². The zero-order valence-electron chi connectivity index (χ0n) is 18.1. The highest BCUT2D eigenvalue weighted by atomic mass is 32.2. The minimum atomic E-state index is -0.0271. The first kappa shape index (κ1) is 21.6. The molecule has 4 heterocycles. The van der Waals surface area contributed by atoms with E-state index in [0.717, 1.165) is 55.5 Å². The summed E-state index contributed by atoms with van der Waals surface area (Å²) in [5.74, 6) is 0.179. The van der Waals surface area contributed by atoms with E-state index < -0.39 is 0 Å². The number of fused-ring (bicyclic) bond motifs is 2. The van der Waals surface area contributed by atoms with Gasteiger partial charge in [0.2, 0.25) is 5.91 Å². The van der Waals surface area contributed by atoms with Gasteiger partial charge in [-0.25, -0.2) is 4.98 Å². The van der Waals surface area contributed by atoms with Crippen LogP contribution < -0.4 is 10.5 Å². The zero-order chi connectivity index (χ0) is 22.1. The Balaban J connectivity index is 1.19. The van der Waals surface area contributed by atoms with Crippen LogP contribution in [0, 0.1) is 0 Å². The third-order valence-electron chi connectivity index (χ3n) is 6.11. The minimum absolute atomic E-state index is 0.0271. The van der Waals surface area contributed by atoms with E-state index in [2.05, 4.69) is 33.8 Å². The van der Waals surface area contributed by atoms with Crippen LogP contribution in [0.15, 0.2) is 51.6 Å². The normalized spacial score (nSPS) is 20.3. The van der Waals surface area contributed by atoms with Crippen LogP contribution in [0.4, 0.5) is 5.69 Å². The molecule has 3 aromatic rings. The fourth-order valence-electron chi connectivity index (χ4n) is 4.33. The summed E-state index contributed by atoms with van der Waals surface area (Å²) in [7, 11) is 0. The van der Waals surface area contributed by atoms with Crippen molar-refractivity contribution in [1.29, 1.82) is 0 Å². The van der Waals surface area contributed by atoms with Gasteiger partial charge in [-0.2, -0.15) is 0 Å². The van der Waals surface area contributed by atoms with Crippen LogP contribution in [0.1, 0.15) is 19.0 Å². The van der Waals surface area contributed by atoms with Crippen molar-refractivity contribution in [1.82, 2.24) is 19.2 Å². The summed E-state index contributed by atoms with van der Waals surface area (Å²) in [6.07, 6.45) is 2.76. The zero-order valence-corrected chi connectivity index (χ0v) is 19.8. The van der Waals surface area contributed by atoms with Gasteiger partial charge < -0.3 is 4.90 Å². The molecule has 32 heavy (non-hydrogen) atoms. The predicted molar refractivity (Wildman–Crippen MR) is 130 cm³/mol. The molecule has 7 nitrogen and oxygen atoms in total. The first-order chi connectivity index (χ1) is 15.6. The molecule has 0 spiro atoms. The number of hydrogen-bond donors (Lipinski definition) is 0. The quantitative estimate of drug-likeness (QED) is 0.586. The van der Waals surface area contributed by atoms with E-state index in [9.17, 15) is 9.59 Å². The third kappa shape index (κ3) is 4.61. The van der Waals surface area contributed by atoms with E-state index in [4.69, 9.17) is 0 Å². The van der Waals surface area contributed by atoms with Gasteiger partial charge in [0.15, 0.2) is 4.96 Å². The summed E-state index contributed by atoms with van der Waals surface area (Å²) in [5, 5.41) is 2.39. The summed E-state index contributed by atoms with van der Waals surface area (Å²) in [6, 6.07) is 9.88. The molecule has 9 heteroatoms. The lowest BCUT2D eigenvalue weighted by Crippen LogP contribution is -2.50. The standard InChI is InChI=1S/C23H27N5O2S2/c1-17-6-7-27(19-4-2-3-5-20(19)32-17)22(30)16-26-10-8-25(9-11-26)15-18-14-21(29)28-12-13-31-23(28)24-18/h2-5,12-14,17H,6-11,15-16H2,1H3/t17-/m0/s1. The third-order valence-corrected chi connectivity index (χ3v) is 8.10. The molecule has 0 radical (unpaired) electrons. The van der Waals surface area contributed by atoms with Gasteiger partial charge >= 0.3 is 0 Å². The smallest absolute Gasteiger partial charge is 0.258 e. The SMILES string of the molecule is C[C@H]1CCN(C(=O)CN2CCN(Cc3cc(=O)n4ccsc4n3)CC2)c2ccccc2S1. The number of amides is 1. The maximum Gasteiger partial charge on any atom is 0.258 e. The molecule has 0 N–H and O–H groups in total. The largest absolute Gasteiger partial charge is 0.310 e. The van der Waals surface area contributed by atoms with Crippen molar-refractivity contribution in [2.45, 2.75) is 30.0 Å². The first-order valence-corrected chi connectivity index (χ1v) is 12.8. The molecule has 1 fully saturated rings. The van der Waals surface area contributed by atoms with Gasteiger partial charge in [-0.15, -0.1) is 23.1 Å². The van der Waals surface area contributed by atoms with E-state index >= 15 is 0 Å². The Hall–Kier alpha value is -2.20. The van der Waals surface area contributed by atoms with E-state index in [0.29, 0.717) is 18.3 Å². The van der Waals surface area contributed by atoms with Crippen LogP contribution in [0.2, 0.25) is 0 Å². The number of thioether (sulfide) groups is 1. The van der Waals surface area contributed by atoms with Gasteiger partial charge in [-0.1, -0.05) is 19.1 Å². The van der Waals surface area contributed by atoms with E-state index in [-0.39, 0.29) is 11.5 Å². The van der Waals surface area contributed by atoms with Crippen molar-refractivity contribution in [3.05, 3.63) is 58.0 Å². The molecule has 0 aliphatic carbocycles. The molecule has 2 aromatic heterocycles. The molecule has 1 atom stereocenters. The molecule has 5 rings (SSSR count). The molecule has 1 amide bonds. The number of anilines is 1. The van der Waals surface area contributed by atoms with E-state index in [1.165, 1.54) is 16.2 Å². The molecule has 1 aromatic carbocycles. The number of benzene rings is 1. The molecule has 2 aliphatic rings. The highest BCUT2D eigenvalue weighted by molar-refractivity contribution is 8.00. The fraction of sp³-hybridized carbons (Fsp3) is 0.435. The average molecular weight is 470 g/mol. The second-order valence-electron chi connectivity index (χ2n) is 8.42. The molecule has 2 aliphatic heterocycles. The van der Waals surface area contributed by atoms with Gasteiger partial charge in [-0.05, 0) is 18.6 Å². The van der Waals surface area contributed by atoms with Crippen molar-refractivity contribution < 1.29 is 4.79 Å². The molecule has 0 saturated carbocycles. The highest BCUT2D eigenvalue weighted by Gasteiger charge is 2.27.